The molecule has 6 nitrogen and oxygen atoms in total. The van der Waals surface area contributed by atoms with E-state index in [1.54, 1.807) is 0 Å². The zero-order valence-electron chi connectivity index (χ0n) is 13.1. The molecule has 0 saturated carbocycles. The van der Waals surface area contributed by atoms with Crippen LogP contribution in [0.3, 0.4) is 0 Å². The molecule has 8 heteroatoms. The lowest BCUT2D eigenvalue weighted by atomic mass is 9.94. The molecular weight excluding hydrogens is 351 g/mol. The fourth-order valence-electron chi connectivity index (χ4n) is 3.24. The number of H-pyrrole nitrogens is 2. The van der Waals surface area contributed by atoms with Gasteiger partial charge in [0.1, 0.15) is 0 Å². The largest absolute Gasteiger partial charge is 0.268 e. The summed E-state index contributed by atoms with van der Waals surface area (Å²) < 4.78 is 0. The van der Waals surface area contributed by atoms with E-state index in [2.05, 4.69) is 20.4 Å². The third-order valence-electron chi connectivity index (χ3n) is 4.50. The van der Waals surface area contributed by atoms with Gasteiger partial charge in [0.2, 0.25) is 0 Å². The fourth-order valence-corrected chi connectivity index (χ4v) is 3.73. The Morgan fingerprint density at radius 1 is 0.625 bits per heavy atom. The monoisotopic (exact) mass is 368 g/mol. The molecule has 2 aromatic rings. The van der Waals surface area contributed by atoms with Crippen molar-refractivity contribution in [1.82, 2.24) is 20.4 Å². The van der Waals surface area contributed by atoms with Crippen molar-refractivity contribution in [2.75, 3.05) is 0 Å². The first-order valence-corrected chi connectivity index (χ1v) is 8.85. The number of nitrogens with one attached hydrogen (secondary N) is 2. The summed E-state index contributed by atoms with van der Waals surface area (Å²) in [6.45, 7) is 0. The molecule has 2 aliphatic rings. The molecule has 0 aliphatic heterocycles. The van der Waals surface area contributed by atoms with Crippen LogP contribution in [0.1, 0.15) is 47.9 Å². The van der Waals surface area contributed by atoms with Crippen LogP contribution in [-0.4, -0.2) is 20.4 Å². The number of fused-ring (bicyclic) bond motifs is 2. The number of aromatic nitrogens is 4. The van der Waals surface area contributed by atoms with Crippen molar-refractivity contribution < 1.29 is 0 Å². The Hall–Kier alpha value is -1.66. The maximum atomic E-state index is 11.2. The topological polar surface area (TPSA) is 91.5 Å². The number of halogens is 2. The third-order valence-corrected chi connectivity index (χ3v) is 5.10. The summed E-state index contributed by atoms with van der Waals surface area (Å²) in [5, 5.41) is 13.3. The van der Waals surface area contributed by atoms with Crippen molar-refractivity contribution in [2.24, 2.45) is 0 Å². The smallest absolute Gasteiger partial charge is 0.266 e. The maximum Gasteiger partial charge on any atom is 0.266 e. The molecule has 0 atom stereocenters. The van der Waals surface area contributed by atoms with Gasteiger partial charge in [-0.1, -0.05) is 23.2 Å². The molecule has 0 amide bonds. The Morgan fingerprint density at radius 2 is 0.958 bits per heavy atom. The minimum atomic E-state index is -0.135. The molecule has 0 unspecified atom stereocenters. The summed E-state index contributed by atoms with van der Waals surface area (Å²) in [6.07, 6.45) is 7.85. The molecule has 2 N–H and O–H groups in total. The molecule has 4 rings (SSSR count). The van der Waals surface area contributed by atoms with Gasteiger partial charge < -0.3 is 0 Å². The predicted octanol–water partition coefficient (Wildman–Crippen LogP) is 2.60. The van der Waals surface area contributed by atoms with E-state index in [0.717, 1.165) is 49.7 Å². The minimum Gasteiger partial charge on any atom is -0.268 e. The Bertz CT molecular complexity index is 790. The van der Waals surface area contributed by atoms with Crippen molar-refractivity contribution >= 4 is 23.2 Å². The highest BCUT2D eigenvalue weighted by Gasteiger charge is 2.17. The van der Waals surface area contributed by atoms with E-state index >= 15 is 0 Å². The summed E-state index contributed by atoms with van der Waals surface area (Å²) in [4.78, 5) is 22.4. The van der Waals surface area contributed by atoms with Gasteiger partial charge >= 0.3 is 0 Å². The summed E-state index contributed by atoms with van der Waals surface area (Å²) in [5.74, 6) is 0. The Kier molecular flexibility index (Phi) is 5.36. The highest BCUT2D eigenvalue weighted by Crippen LogP contribution is 2.29. The standard InChI is InChI=1S/C8H8Cl2N2.C8H10N2O2/c9-7-5-3-1-2-4-6(5)8(10)12-11-7;11-7-5-3-1-2-4-6(5)8(12)10-9-7/h1-4H2;1-4H2,(H,9,11)(H,10,12). The lowest BCUT2D eigenvalue weighted by Gasteiger charge is -2.15. The molecule has 128 valence electrons. The number of aromatic amines is 2. The van der Waals surface area contributed by atoms with Gasteiger partial charge in [0, 0.05) is 11.1 Å². The summed E-state index contributed by atoms with van der Waals surface area (Å²) in [7, 11) is 0. The molecular formula is C16H18Cl2N4O2. The van der Waals surface area contributed by atoms with E-state index < -0.39 is 0 Å². The average Bonchev–Trinajstić information content (AvgIpc) is 2.63. The molecule has 2 heterocycles. The van der Waals surface area contributed by atoms with Gasteiger partial charge in [-0.05, 0) is 62.5 Å². The molecule has 0 aromatic carbocycles. The molecule has 0 fully saturated rings. The molecule has 24 heavy (non-hydrogen) atoms. The first-order valence-electron chi connectivity index (χ1n) is 8.10. The first kappa shape index (κ1) is 17.2. The van der Waals surface area contributed by atoms with Crippen LogP contribution in [0.25, 0.3) is 0 Å². The summed E-state index contributed by atoms with van der Waals surface area (Å²) >= 11 is 11.8. The van der Waals surface area contributed by atoms with Gasteiger partial charge in [-0.15, -0.1) is 10.2 Å². The van der Waals surface area contributed by atoms with Crippen LogP contribution in [0.15, 0.2) is 9.59 Å². The summed E-state index contributed by atoms with van der Waals surface area (Å²) in [5.41, 5.74) is 3.30. The van der Waals surface area contributed by atoms with Gasteiger partial charge in [-0.25, -0.2) is 0 Å². The number of hydrogen-bond acceptors (Lipinski definition) is 4. The second kappa shape index (κ2) is 7.49. The molecule has 0 radical (unpaired) electrons. The van der Waals surface area contributed by atoms with Crippen LogP contribution < -0.4 is 11.1 Å². The number of rotatable bonds is 0. The average molecular weight is 369 g/mol. The second-order valence-electron chi connectivity index (χ2n) is 6.02. The van der Waals surface area contributed by atoms with E-state index in [-0.39, 0.29) is 11.1 Å². The van der Waals surface area contributed by atoms with Crippen LogP contribution in [0, 0.1) is 0 Å². The van der Waals surface area contributed by atoms with Crippen molar-refractivity contribution in [2.45, 2.75) is 51.4 Å². The zero-order valence-corrected chi connectivity index (χ0v) is 14.6. The lowest BCUT2D eigenvalue weighted by molar-refractivity contribution is 0.659. The predicted molar refractivity (Wildman–Crippen MR) is 93.0 cm³/mol. The molecule has 0 spiro atoms. The Morgan fingerprint density at radius 3 is 1.33 bits per heavy atom. The van der Waals surface area contributed by atoms with Gasteiger partial charge in [0.25, 0.3) is 11.1 Å². The Balaban J connectivity index is 0.000000141. The van der Waals surface area contributed by atoms with Gasteiger partial charge in [0.15, 0.2) is 10.3 Å². The molecule has 2 aromatic heterocycles. The van der Waals surface area contributed by atoms with E-state index in [1.807, 2.05) is 0 Å². The summed E-state index contributed by atoms with van der Waals surface area (Å²) in [6, 6.07) is 0. The molecule has 2 aliphatic carbocycles. The van der Waals surface area contributed by atoms with Gasteiger partial charge in [-0.2, -0.15) is 0 Å². The van der Waals surface area contributed by atoms with E-state index in [4.69, 9.17) is 23.2 Å². The normalized spacial score (nSPS) is 15.8. The number of hydrogen-bond donors (Lipinski definition) is 2. The van der Waals surface area contributed by atoms with Crippen molar-refractivity contribution in [3.63, 3.8) is 0 Å². The van der Waals surface area contributed by atoms with Crippen molar-refractivity contribution in [3.05, 3.63) is 53.3 Å². The Labute approximate surface area is 148 Å². The number of nitrogens with zero attached hydrogens (tertiary/aromatic N) is 2. The second-order valence-corrected chi connectivity index (χ2v) is 6.73. The SMILES string of the molecule is Clc1nnc(Cl)c2c1CCCC2.O=c1[nH][nH]c(=O)c2c1CCCC2. The quantitative estimate of drug-likeness (QED) is 0.747. The van der Waals surface area contributed by atoms with E-state index in [9.17, 15) is 9.59 Å². The van der Waals surface area contributed by atoms with E-state index in [1.165, 1.54) is 12.8 Å². The third kappa shape index (κ3) is 3.54. The van der Waals surface area contributed by atoms with Gasteiger partial charge in [0.05, 0.1) is 0 Å². The lowest BCUT2D eigenvalue weighted by Crippen LogP contribution is -2.29. The maximum absolute atomic E-state index is 11.2. The minimum absolute atomic E-state index is 0.135. The van der Waals surface area contributed by atoms with Crippen LogP contribution >= 0.6 is 23.2 Å². The zero-order chi connectivity index (χ0) is 17.1. The van der Waals surface area contributed by atoms with E-state index in [0.29, 0.717) is 21.4 Å². The van der Waals surface area contributed by atoms with Crippen molar-refractivity contribution in [3.8, 4) is 0 Å². The van der Waals surface area contributed by atoms with Gasteiger partial charge in [-0.3, -0.25) is 19.8 Å². The van der Waals surface area contributed by atoms with Crippen LogP contribution in [-0.2, 0) is 25.7 Å². The molecule has 0 saturated heterocycles. The highest BCUT2D eigenvalue weighted by atomic mass is 35.5. The molecule has 0 bridgehead atoms. The van der Waals surface area contributed by atoms with Crippen LogP contribution in [0.2, 0.25) is 10.3 Å². The van der Waals surface area contributed by atoms with Crippen molar-refractivity contribution in [1.29, 1.82) is 0 Å². The van der Waals surface area contributed by atoms with Crippen LogP contribution in [0.4, 0.5) is 0 Å². The highest BCUT2D eigenvalue weighted by molar-refractivity contribution is 6.32. The first-order chi connectivity index (χ1) is 11.6. The fraction of sp³-hybridized carbons (Fsp3) is 0.500. The van der Waals surface area contributed by atoms with Crippen LogP contribution in [0.5, 0.6) is 0 Å².